The van der Waals surface area contributed by atoms with Crippen LogP contribution in [-0.4, -0.2) is 18.2 Å². The summed E-state index contributed by atoms with van der Waals surface area (Å²) in [5.41, 5.74) is 4.77. The quantitative estimate of drug-likeness (QED) is 0.441. The van der Waals surface area contributed by atoms with Crippen LogP contribution in [0.5, 0.6) is 23.0 Å². The zero-order valence-electron chi connectivity index (χ0n) is 16.9. The molecule has 0 saturated heterocycles. The number of rotatable bonds is 1. The highest BCUT2D eigenvalue weighted by Crippen LogP contribution is 2.43. The standard InChI is InChI=1S/C25H17FN2O4/c26-16-2-4-17(5-3-16)27-25-23-15(1-6-20-24(23)32-13-29-20)9-19-18-11-22-21(30-12-31-22)10-14(18)7-8-28(19)25/h1-6,9-11H,7-8,12-13H2. The molecule has 3 aromatic carbocycles. The molecule has 32 heavy (non-hydrogen) atoms. The Labute approximate surface area is 182 Å². The highest BCUT2D eigenvalue weighted by atomic mass is 19.1. The van der Waals surface area contributed by atoms with Gasteiger partial charge in [-0.2, -0.15) is 0 Å². The zero-order valence-corrected chi connectivity index (χ0v) is 16.9. The summed E-state index contributed by atoms with van der Waals surface area (Å²) in [7, 11) is 0. The monoisotopic (exact) mass is 428 g/mol. The Morgan fingerprint density at radius 2 is 1.59 bits per heavy atom. The number of aryl methyl sites for hydroxylation is 1. The summed E-state index contributed by atoms with van der Waals surface area (Å²) < 4.78 is 38.4. The van der Waals surface area contributed by atoms with Crippen LogP contribution in [0.15, 0.2) is 59.6 Å². The molecule has 7 rings (SSSR count). The van der Waals surface area contributed by atoms with Gasteiger partial charge in [-0.25, -0.2) is 9.38 Å². The number of aromatic nitrogens is 1. The van der Waals surface area contributed by atoms with Gasteiger partial charge in [0.25, 0.3) is 0 Å². The fourth-order valence-corrected chi connectivity index (χ4v) is 4.68. The van der Waals surface area contributed by atoms with E-state index in [9.17, 15) is 4.39 Å². The van der Waals surface area contributed by atoms with Crippen LogP contribution in [0.3, 0.4) is 0 Å². The third-order valence-corrected chi connectivity index (χ3v) is 6.17. The molecule has 4 heterocycles. The van der Waals surface area contributed by atoms with Gasteiger partial charge in [0.15, 0.2) is 23.0 Å². The number of hydrogen-bond donors (Lipinski definition) is 0. The molecule has 158 valence electrons. The lowest BCUT2D eigenvalue weighted by molar-refractivity contribution is 0.174. The van der Waals surface area contributed by atoms with Gasteiger partial charge < -0.3 is 23.5 Å². The van der Waals surface area contributed by atoms with Gasteiger partial charge in [0.1, 0.15) is 11.3 Å². The summed E-state index contributed by atoms with van der Waals surface area (Å²) in [6, 6.07) is 16.4. The summed E-state index contributed by atoms with van der Waals surface area (Å²) in [5, 5.41) is 1.88. The van der Waals surface area contributed by atoms with Crippen LogP contribution in [0.1, 0.15) is 5.56 Å². The lowest BCUT2D eigenvalue weighted by Crippen LogP contribution is -2.27. The van der Waals surface area contributed by atoms with Gasteiger partial charge in [0.05, 0.1) is 16.8 Å². The third kappa shape index (κ3) is 2.54. The molecule has 0 saturated carbocycles. The normalized spacial score (nSPS) is 15.7. The second-order valence-electron chi connectivity index (χ2n) is 7.97. The SMILES string of the molecule is Fc1ccc(N=c2c3c4c(ccc3cc3n2CCc2cc5c(cc2-3)OCO5)OCO4)cc1. The van der Waals surface area contributed by atoms with Crippen LogP contribution in [-0.2, 0) is 13.0 Å². The minimum absolute atomic E-state index is 0.179. The van der Waals surface area contributed by atoms with Crippen LogP contribution in [0.4, 0.5) is 10.1 Å². The van der Waals surface area contributed by atoms with Gasteiger partial charge >= 0.3 is 0 Å². The van der Waals surface area contributed by atoms with Gasteiger partial charge in [-0.3, -0.25) is 0 Å². The van der Waals surface area contributed by atoms with E-state index in [0.29, 0.717) is 17.2 Å². The molecule has 3 aliphatic rings. The molecular formula is C25H17FN2O4. The summed E-state index contributed by atoms with van der Waals surface area (Å²) in [4.78, 5) is 4.95. The van der Waals surface area contributed by atoms with Crippen LogP contribution >= 0.6 is 0 Å². The lowest BCUT2D eigenvalue weighted by atomic mass is 9.95. The van der Waals surface area contributed by atoms with E-state index in [1.165, 1.54) is 17.7 Å². The molecule has 0 atom stereocenters. The molecule has 0 amide bonds. The van der Waals surface area contributed by atoms with Crippen molar-refractivity contribution >= 4 is 16.5 Å². The number of nitrogens with zero attached hydrogens (tertiary/aromatic N) is 2. The molecule has 0 spiro atoms. The molecule has 4 aromatic rings. The van der Waals surface area contributed by atoms with E-state index in [4.69, 9.17) is 23.9 Å². The van der Waals surface area contributed by atoms with E-state index in [2.05, 4.69) is 16.7 Å². The second kappa shape index (κ2) is 6.50. The number of benzene rings is 3. The number of pyridine rings is 1. The summed E-state index contributed by atoms with van der Waals surface area (Å²) in [6.07, 6.45) is 0.827. The van der Waals surface area contributed by atoms with Gasteiger partial charge in [0, 0.05) is 12.1 Å². The molecule has 0 aliphatic carbocycles. The molecule has 6 nitrogen and oxygen atoms in total. The minimum Gasteiger partial charge on any atom is -0.454 e. The van der Waals surface area contributed by atoms with Crippen LogP contribution in [0.2, 0.25) is 0 Å². The van der Waals surface area contributed by atoms with Crippen LogP contribution < -0.4 is 24.4 Å². The topological polar surface area (TPSA) is 54.2 Å². The van der Waals surface area contributed by atoms with Crippen LogP contribution in [0.25, 0.3) is 22.0 Å². The largest absolute Gasteiger partial charge is 0.454 e. The average molecular weight is 428 g/mol. The van der Waals surface area contributed by atoms with E-state index in [1.54, 1.807) is 12.1 Å². The average Bonchev–Trinajstić information content (AvgIpc) is 3.47. The van der Waals surface area contributed by atoms with Crippen LogP contribution in [0, 0.1) is 5.82 Å². The zero-order chi connectivity index (χ0) is 21.2. The fraction of sp³-hybridized carbons (Fsp3) is 0.160. The molecule has 0 unspecified atom stereocenters. The van der Waals surface area contributed by atoms with Crippen molar-refractivity contribution in [2.75, 3.05) is 13.6 Å². The van der Waals surface area contributed by atoms with Crippen molar-refractivity contribution in [1.29, 1.82) is 0 Å². The molecule has 1 aromatic heterocycles. The maximum Gasteiger partial charge on any atom is 0.231 e. The van der Waals surface area contributed by atoms with Crippen molar-refractivity contribution in [1.82, 2.24) is 4.57 Å². The predicted molar refractivity (Wildman–Crippen MR) is 115 cm³/mol. The lowest BCUT2D eigenvalue weighted by Gasteiger charge is -2.24. The maximum absolute atomic E-state index is 13.5. The van der Waals surface area contributed by atoms with Gasteiger partial charge in [-0.1, -0.05) is 6.07 Å². The third-order valence-electron chi connectivity index (χ3n) is 6.17. The van der Waals surface area contributed by atoms with E-state index in [-0.39, 0.29) is 19.4 Å². The van der Waals surface area contributed by atoms with Crippen molar-refractivity contribution < 1.29 is 23.3 Å². The number of fused-ring (bicyclic) bond motifs is 7. The number of ether oxygens (including phenoxy) is 4. The first-order chi connectivity index (χ1) is 15.7. The summed E-state index contributed by atoms with van der Waals surface area (Å²) in [5.74, 6) is 2.64. The highest BCUT2D eigenvalue weighted by molar-refractivity contribution is 5.93. The molecule has 7 heteroatoms. The fourth-order valence-electron chi connectivity index (χ4n) is 4.68. The first kappa shape index (κ1) is 17.7. The summed E-state index contributed by atoms with van der Waals surface area (Å²) in [6.45, 7) is 1.16. The Balaban J connectivity index is 1.57. The van der Waals surface area contributed by atoms with Crippen molar-refractivity contribution in [3.63, 3.8) is 0 Å². The Hall–Kier alpha value is -4.00. The van der Waals surface area contributed by atoms with Gasteiger partial charge in [0.2, 0.25) is 13.6 Å². The van der Waals surface area contributed by atoms with E-state index < -0.39 is 0 Å². The first-order valence-electron chi connectivity index (χ1n) is 10.4. The Morgan fingerprint density at radius 1 is 0.812 bits per heavy atom. The molecule has 3 aliphatic heterocycles. The van der Waals surface area contributed by atoms with Crippen molar-refractivity contribution in [2.45, 2.75) is 13.0 Å². The van der Waals surface area contributed by atoms with E-state index in [0.717, 1.165) is 52.0 Å². The molecule has 0 N–H and O–H groups in total. The minimum atomic E-state index is -0.292. The first-order valence-corrected chi connectivity index (χ1v) is 10.4. The van der Waals surface area contributed by atoms with E-state index >= 15 is 0 Å². The Bertz CT molecular complexity index is 1490. The Morgan fingerprint density at radius 3 is 2.47 bits per heavy atom. The second-order valence-corrected chi connectivity index (χ2v) is 7.97. The molecule has 0 fully saturated rings. The summed E-state index contributed by atoms with van der Waals surface area (Å²) >= 11 is 0. The molecule has 0 bridgehead atoms. The van der Waals surface area contributed by atoms with Gasteiger partial charge in [-0.15, -0.1) is 0 Å². The number of halogens is 1. The van der Waals surface area contributed by atoms with Crippen molar-refractivity contribution in [3.05, 3.63) is 71.5 Å². The van der Waals surface area contributed by atoms with Crippen molar-refractivity contribution in [2.24, 2.45) is 4.99 Å². The van der Waals surface area contributed by atoms with Crippen molar-refractivity contribution in [3.8, 4) is 34.3 Å². The Kier molecular flexibility index (Phi) is 3.59. The maximum atomic E-state index is 13.5. The predicted octanol–water partition coefficient (Wildman–Crippen LogP) is 4.69. The molecule has 0 radical (unpaired) electrons. The van der Waals surface area contributed by atoms with Gasteiger partial charge in [-0.05, 0) is 65.9 Å². The number of hydrogen-bond acceptors (Lipinski definition) is 5. The molecular weight excluding hydrogens is 411 g/mol. The highest BCUT2D eigenvalue weighted by Gasteiger charge is 2.26. The smallest absolute Gasteiger partial charge is 0.231 e. The van der Waals surface area contributed by atoms with E-state index in [1.807, 2.05) is 18.2 Å².